The molecule has 0 fully saturated rings. The van der Waals surface area contributed by atoms with Gasteiger partial charge >= 0.3 is 0 Å². The average Bonchev–Trinajstić information content (AvgIpc) is 3.19. The molecule has 4 rings (SSSR count). The lowest BCUT2D eigenvalue weighted by Gasteiger charge is -2.09. The van der Waals surface area contributed by atoms with Gasteiger partial charge in [-0.05, 0) is 36.2 Å². The number of nitrogens with one attached hydrogen (secondary N) is 1. The topological polar surface area (TPSA) is 46.9 Å². The number of aryl methyl sites for hydroxylation is 1. The number of anilines is 1. The molecule has 6 heteroatoms. The van der Waals surface area contributed by atoms with Gasteiger partial charge < -0.3 is 9.88 Å². The Morgan fingerprint density at radius 2 is 2.00 bits per heavy atom. The van der Waals surface area contributed by atoms with Crippen LogP contribution in [0.4, 0.5) is 10.1 Å². The van der Waals surface area contributed by atoms with E-state index in [2.05, 4.69) is 14.9 Å². The van der Waals surface area contributed by atoms with Gasteiger partial charge in [0.05, 0.1) is 22.5 Å². The molecular formula is C19H15ClFN3O. The second kappa shape index (κ2) is 6.33. The van der Waals surface area contributed by atoms with Crippen molar-refractivity contribution in [1.29, 1.82) is 0 Å². The number of carbonyl (C=O) groups is 1. The number of nitrogens with zero attached hydrogens (tertiary/aromatic N) is 2. The summed E-state index contributed by atoms with van der Waals surface area (Å²) in [6.45, 7) is 0.981. The monoisotopic (exact) mass is 355 g/mol. The van der Waals surface area contributed by atoms with Crippen molar-refractivity contribution in [3.8, 4) is 11.3 Å². The van der Waals surface area contributed by atoms with Crippen molar-refractivity contribution in [2.24, 2.45) is 0 Å². The van der Waals surface area contributed by atoms with E-state index in [0.717, 1.165) is 36.5 Å². The van der Waals surface area contributed by atoms with E-state index in [-0.39, 0.29) is 10.6 Å². The van der Waals surface area contributed by atoms with E-state index < -0.39 is 11.7 Å². The Morgan fingerprint density at radius 1 is 1.20 bits per heavy atom. The molecule has 0 atom stereocenters. The van der Waals surface area contributed by atoms with Gasteiger partial charge in [0.25, 0.3) is 5.91 Å². The number of halogens is 2. The minimum atomic E-state index is -0.642. The predicted octanol–water partition coefficient (Wildman–Crippen LogP) is 4.54. The van der Waals surface area contributed by atoms with Gasteiger partial charge in [-0.25, -0.2) is 9.37 Å². The van der Waals surface area contributed by atoms with E-state index in [4.69, 9.17) is 11.6 Å². The third-order valence-corrected chi connectivity index (χ3v) is 4.66. The van der Waals surface area contributed by atoms with Gasteiger partial charge in [0.2, 0.25) is 0 Å². The van der Waals surface area contributed by atoms with Crippen molar-refractivity contribution in [2.45, 2.75) is 19.4 Å². The molecule has 1 N–H and O–H groups in total. The van der Waals surface area contributed by atoms with E-state index >= 15 is 0 Å². The summed E-state index contributed by atoms with van der Waals surface area (Å²) in [5.41, 5.74) is 2.53. The van der Waals surface area contributed by atoms with Crippen LogP contribution in [0.25, 0.3) is 11.3 Å². The van der Waals surface area contributed by atoms with Crippen molar-refractivity contribution in [1.82, 2.24) is 9.55 Å². The SMILES string of the molecule is O=C(Nc1ccc(-c2cnc3n2CCC3)cc1)c1c(F)cccc1Cl. The number of hydrogen-bond acceptors (Lipinski definition) is 2. The van der Waals surface area contributed by atoms with Gasteiger partial charge in [0.1, 0.15) is 11.6 Å². The number of rotatable bonds is 3. The summed E-state index contributed by atoms with van der Waals surface area (Å²) < 4.78 is 16.0. The van der Waals surface area contributed by atoms with Crippen LogP contribution in [0.3, 0.4) is 0 Å². The van der Waals surface area contributed by atoms with Crippen LogP contribution in [-0.4, -0.2) is 15.5 Å². The second-order valence-electron chi connectivity index (χ2n) is 5.94. The Morgan fingerprint density at radius 3 is 2.76 bits per heavy atom. The zero-order chi connectivity index (χ0) is 17.4. The molecule has 2 aromatic carbocycles. The molecule has 3 aromatic rings. The minimum absolute atomic E-state index is 0.0870. The third-order valence-electron chi connectivity index (χ3n) is 4.35. The average molecular weight is 356 g/mol. The summed E-state index contributed by atoms with van der Waals surface area (Å²) >= 11 is 5.93. The maximum absolute atomic E-state index is 13.8. The molecule has 0 aliphatic carbocycles. The lowest BCUT2D eigenvalue weighted by Crippen LogP contribution is -2.14. The number of aromatic nitrogens is 2. The van der Waals surface area contributed by atoms with Crippen LogP contribution < -0.4 is 5.32 Å². The quantitative estimate of drug-likeness (QED) is 0.749. The van der Waals surface area contributed by atoms with Gasteiger partial charge in [-0.3, -0.25) is 4.79 Å². The number of imidazole rings is 1. The number of fused-ring (bicyclic) bond motifs is 1. The Labute approximate surface area is 149 Å². The van der Waals surface area contributed by atoms with Crippen LogP contribution in [-0.2, 0) is 13.0 Å². The standard InChI is InChI=1S/C19H15ClFN3O/c20-14-3-1-4-15(21)18(14)19(25)23-13-8-6-12(7-9-13)16-11-22-17-5-2-10-24(16)17/h1,3-4,6-9,11H,2,5,10H2,(H,23,25). The number of hydrogen-bond donors (Lipinski definition) is 1. The molecule has 4 nitrogen and oxygen atoms in total. The van der Waals surface area contributed by atoms with Crippen LogP contribution in [0, 0.1) is 5.82 Å². The number of benzene rings is 2. The molecular weight excluding hydrogens is 341 g/mol. The van der Waals surface area contributed by atoms with Crippen molar-refractivity contribution in [3.63, 3.8) is 0 Å². The van der Waals surface area contributed by atoms with Crippen LogP contribution in [0.15, 0.2) is 48.7 Å². The van der Waals surface area contributed by atoms with Gasteiger partial charge in [0, 0.05) is 18.7 Å². The number of carbonyl (C=O) groups excluding carboxylic acids is 1. The molecule has 126 valence electrons. The van der Waals surface area contributed by atoms with Crippen molar-refractivity contribution >= 4 is 23.2 Å². The van der Waals surface area contributed by atoms with Gasteiger partial charge in [0.15, 0.2) is 0 Å². The van der Waals surface area contributed by atoms with Gasteiger partial charge in [-0.15, -0.1) is 0 Å². The molecule has 1 aromatic heterocycles. The van der Waals surface area contributed by atoms with E-state index in [9.17, 15) is 9.18 Å². The predicted molar refractivity (Wildman–Crippen MR) is 95.3 cm³/mol. The summed E-state index contributed by atoms with van der Waals surface area (Å²) in [7, 11) is 0. The molecule has 2 heterocycles. The molecule has 0 spiro atoms. The molecule has 0 radical (unpaired) electrons. The Hall–Kier alpha value is -2.66. The second-order valence-corrected chi connectivity index (χ2v) is 6.35. The van der Waals surface area contributed by atoms with E-state index in [1.54, 1.807) is 12.1 Å². The molecule has 1 aliphatic rings. The summed E-state index contributed by atoms with van der Waals surface area (Å²) in [4.78, 5) is 16.7. The highest BCUT2D eigenvalue weighted by Crippen LogP contribution is 2.27. The van der Waals surface area contributed by atoms with Crippen molar-refractivity contribution in [2.75, 3.05) is 5.32 Å². The zero-order valence-electron chi connectivity index (χ0n) is 13.3. The molecule has 25 heavy (non-hydrogen) atoms. The fourth-order valence-corrected chi connectivity index (χ4v) is 3.37. The normalized spacial score (nSPS) is 12.9. The highest BCUT2D eigenvalue weighted by Gasteiger charge is 2.18. The molecule has 0 bridgehead atoms. The summed E-state index contributed by atoms with van der Waals surface area (Å²) in [5, 5.41) is 2.77. The summed E-state index contributed by atoms with van der Waals surface area (Å²) in [5.74, 6) is -0.0980. The number of amides is 1. The maximum Gasteiger partial charge on any atom is 0.260 e. The first-order valence-corrected chi connectivity index (χ1v) is 8.41. The first-order chi connectivity index (χ1) is 12.1. The smallest absolute Gasteiger partial charge is 0.260 e. The highest BCUT2D eigenvalue weighted by molar-refractivity contribution is 6.34. The zero-order valence-corrected chi connectivity index (χ0v) is 14.1. The lowest BCUT2D eigenvalue weighted by atomic mass is 10.1. The first kappa shape index (κ1) is 15.8. The molecule has 0 saturated carbocycles. The largest absolute Gasteiger partial charge is 0.328 e. The maximum atomic E-state index is 13.8. The van der Waals surface area contributed by atoms with E-state index in [1.807, 2.05) is 18.3 Å². The lowest BCUT2D eigenvalue weighted by molar-refractivity contribution is 0.102. The van der Waals surface area contributed by atoms with Crippen molar-refractivity contribution in [3.05, 3.63) is 70.9 Å². The van der Waals surface area contributed by atoms with Crippen LogP contribution >= 0.6 is 11.6 Å². The summed E-state index contributed by atoms with van der Waals surface area (Å²) in [6, 6.07) is 11.6. The molecule has 0 unspecified atom stereocenters. The van der Waals surface area contributed by atoms with Crippen LogP contribution in [0.1, 0.15) is 22.6 Å². The highest BCUT2D eigenvalue weighted by atomic mass is 35.5. The Bertz CT molecular complexity index is 930. The molecule has 1 aliphatic heterocycles. The van der Waals surface area contributed by atoms with Gasteiger partial charge in [-0.2, -0.15) is 0 Å². The van der Waals surface area contributed by atoms with Crippen LogP contribution in [0.2, 0.25) is 5.02 Å². The minimum Gasteiger partial charge on any atom is -0.328 e. The fourth-order valence-electron chi connectivity index (χ4n) is 3.12. The Kier molecular flexibility index (Phi) is 4.01. The molecule has 0 saturated heterocycles. The first-order valence-electron chi connectivity index (χ1n) is 8.03. The fraction of sp³-hybridized carbons (Fsp3) is 0.158. The third kappa shape index (κ3) is 2.91. The summed E-state index contributed by atoms with van der Waals surface area (Å²) in [6.07, 6.45) is 4.01. The Balaban J connectivity index is 1.55. The van der Waals surface area contributed by atoms with E-state index in [0.29, 0.717) is 5.69 Å². The van der Waals surface area contributed by atoms with Crippen LogP contribution in [0.5, 0.6) is 0 Å². The molecule has 1 amide bonds. The van der Waals surface area contributed by atoms with Crippen molar-refractivity contribution < 1.29 is 9.18 Å². The van der Waals surface area contributed by atoms with E-state index in [1.165, 1.54) is 18.2 Å². The van der Waals surface area contributed by atoms with Gasteiger partial charge in [-0.1, -0.05) is 29.8 Å².